The quantitative estimate of drug-likeness (QED) is 0.931. The Kier molecular flexibility index (Phi) is 4.95. The zero-order chi connectivity index (χ0) is 15.4. The van der Waals surface area contributed by atoms with Crippen LogP contribution in [0.25, 0.3) is 0 Å². The van der Waals surface area contributed by atoms with Crippen LogP contribution in [0.2, 0.25) is 0 Å². The Morgan fingerprint density at radius 2 is 2.00 bits per heavy atom. The molecule has 1 unspecified atom stereocenters. The third-order valence-corrected chi connectivity index (χ3v) is 4.78. The second-order valence-electron chi connectivity index (χ2n) is 6.39. The Labute approximate surface area is 131 Å². The monoisotopic (exact) mass is 306 g/mol. The van der Waals surface area contributed by atoms with Crippen LogP contribution in [0.1, 0.15) is 76.0 Å². The maximum absolute atomic E-state index is 12.7. The van der Waals surface area contributed by atoms with Gasteiger partial charge in [-0.1, -0.05) is 31.3 Å². The molecular formula is C16H26N4O2. The van der Waals surface area contributed by atoms with Crippen molar-refractivity contribution in [1.29, 1.82) is 0 Å². The number of hydrogen-bond donors (Lipinski definition) is 1. The van der Waals surface area contributed by atoms with Gasteiger partial charge in [-0.3, -0.25) is 0 Å². The minimum Gasteiger partial charge on any atom is -0.337 e. The van der Waals surface area contributed by atoms with Gasteiger partial charge in [-0.05, 0) is 32.1 Å². The number of rotatable bonds is 3. The molecule has 2 fully saturated rings. The first-order valence-corrected chi connectivity index (χ1v) is 8.67. The van der Waals surface area contributed by atoms with Crippen LogP contribution in [0.5, 0.6) is 0 Å². The number of nitrogens with zero attached hydrogens (tertiary/aromatic N) is 3. The predicted octanol–water partition coefficient (Wildman–Crippen LogP) is 3.20. The first-order valence-electron chi connectivity index (χ1n) is 8.67. The molecule has 0 bridgehead atoms. The number of amides is 2. The number of urea groups is 1. The van der Waals surface area contributed by atoms with E-state index < -0.39 is 0 Å². The third kappa shape index (κ3) is 3.42. The van der Waals surface area contributed by atoms with Crippen LogP contribution >= 0.6 is 0 Å². The van der Waals surface area contributed by atoms with E-state index in [1.54, 1.807) is 0 Å². The number of carbonyl (C=O) groups excluding carboxylic acids is 1. The Morgan fingerprint density at radius 1 is 1.23 bits per heavy atom. The number of nitrogens with one attached hydrogen (secondary N) is 1. The molecule has 1 saturated heterocycles. The van der Waals surface area contributed by atoms with Crippen molar-refractivity contribution in [3.05, 3.63) is 11.7 Å². The van der Waals surface area contributed by atoms with Crippen molar-refractivity contribution in [3.63, 3.8) is 0 Å². The van der Waals surface area contributed by atoms with E-state index in [1.165, 1.54) is 19.3 Å². The molecule has 0 aromatic carbocycles. The van der Waals surface area contributed by atoms with E-state index in [0.29, 0.717) is 17.8 Å². The second kappa shape index (κ2) is 7.11. The van der Waals surface area contributed by atoms with E-state index in [0.717, 1.165) is 45.1 Å². The molecular weight excluding hydrogens is 280 g/mol. The molecule has 0 spiro atoms. The van der Waals surface area contributed by atoms with Crippen LogP contribution in [0.4, 0.5) is 4.79 Å². The summed E-state index contributed by atoms with van der Waals surface area (Å²) in [5.74, 6) is 1.31. The van der Waals surface area contributed by atoms with Gasteiger partial charge in [-0.2, -0.15) is 4.98 Å². The Hall–Kier alpha value is -1.59. The lowest BCUT2D eigenvalue weighted by molar-refractivity contribution is 0.127. The fourth-order valence-electron chi connectivity index (χ4n) is 3.48. The molecule has 1 N–H and O–H groups in total. The van der Waals surface area contributed by atoms with E-state index >= 15 is 0 Å². The summed E-state index contributed by atoms with van der Waals surface area (Å²) in [6.07, 6.45) is 9.74. The molecule has 1 aliphatic carbocycles. The molecule has 2 heterocycles. The zero-order valence-corrected chi connectivity index (χ0v) is 13.4. The van der Waals surface area contributed by atoms with E-state index in [-0.39, 0.29) is 12.1 Å². The summed E-state index contributed by atoms with van der Waals surface area (Å²) in [6, 6.07) is 0.302. The SMILES string of the molecule is CCc1noc(C2CCCCN2C(=O)NC2CCCCC2)n1. The summed E-state index contributed by atoms with van der Waals surface area (Å²) in [4.78, 5) is 19.0. The Bertz CT molecular complexity index is 496. The molecule has 2 aliphatic rings. The number of hydrogen-bond acceptors (Lipinski definition) is 4. The minimum atomic E-state index is -0.0647. The summed E-state index contributed by atoms with van der Waals surface area (Å²) < 4.78 is 5.38. The first-order chi connectivity index (χ1) is 10.8. The molecule has 1 saturated carbocycles. The van der Waals surface area contributed by atoms with Crippen LogP contribution in [0.3, 0.4) is 0 Å². The smallest absolute Gasteiger partial charge is 0.318 e. The largest absolute Gasteiger partial charge is 0.337 e. The van der Waals surface area contributed by atoms with Crippen LogP contribution in [-0.4, -0.2) is 33.7 Å². The van der Waals surface area contributed by atoms with Gasteiger partial charge in [0.1, 0.15) is 6.04 Å². The molecule has 3 rings (SSSR count). The van der Waals surface area contributed by atoms with Crippen molar-refractivity contribution < 1.29 is 9.32 Å². The molecule has 1 aliphatic heterocycles. The number of aryl methyl sites for hydroxylation is 1. The van der Waals surface area contributed by atoms with Gasteiger partial charge < -0.3 is 14.7 Å². The summed E-state index contributed by atoms with van der Waals surface area (Å²) in [6.45, 7) is 2.77. The number of carbonyl (C=O) groups is 1. The normalized spacial score (nSPS) is 23.5. The highest BCUT2D eigenvalue weighted by Crippen LogP contribution is 2.30. The van der Waals surface area contributed by atoms with Crippen molar-refractivity contribution in [2.24, 2.45) is 0 Å². The first kappa shape index (κ1) is 15.3. The Morgan fingerprint density at radius 3 is 2.73 bits per heavy atom. The molecule has 1 aromatic rings. The number of likely N-dealkylation sites (tertiary alicyclic amines) is 1. The van der Waals surface area contributed by atoms with Crippen molar-refractivity contribution in [3.8, 4) is 0 Å². The highest BCUT2D eigenvalue weighted by molar-refractivity contribution is 5.75. The average molecular weight is 306 g/mol. The molecule has 0 radical (unpaired) electrons. The van der Waals surface area contributed by atoms with Gasteiger partial charge in [-0.15, -0.1) is 0 Å². The van der Waals surface area contributed by atoms with Crippen LogP contribution in [0, 0.1) is 0 Å². The fourth-order valence-corrected chi connectivity index (χ4v) is 3.48. The van der Waals surface area contributed by atoms with Crippen molar-refractivity contribution in [2.45, 2.75) is 76.8 Å². The lowest BCUT2D eigenvalue weighted by Crippen LogP contribution is -2.48. The molecule has 6 nitrogen and oxygen atoms in total. The van der Waals surface area contributed by atoms with Gasteiger partial charge in [-0.25, -0.2) is 4.79 Å². The van der Waals surface area contributed by atoms with E-state index in [1.807, 2.05) is 11.8 Å². The van der Waals surface area contributed by atoms with Crippen molar-refractivity contribution in [1.82, 2.24) is 20.4 Å². The molecule has 6 heteroatoms. The highest BCUT2D eigenvalue weighted by atomic mass is 16.5. The lowest BCUT2D eigenvalue weighted by atomic mass is 9.95. The molecule has 122 valence electrons. The van der Waals surface area contributed by atoms with Gasteiger partial charge in [0.25, 0.3) is 0 Å². The second-order valence-corrected chi connectivity index (χ2v) is 6.39. The topological polar surface area (TPSA) is 71.3 Å². The zero-order valence-electron chi connectivity index (χ0n) is 13.4. The number of piperidine rings is 1. The Balaban J connectivity index is 1.67. The summed E-state index contributed by atoms with van der Waals surface area (Å²) in [7, 11) is 0. The van der Waals surface area contributed by atoms with E-state index in [4.69, 9.17) is 4.52 Å². The molecule has 1 aromatic heterocycles. The maximum atomic E-state index is 12.7. The van der Waals surface area contributed by atoms with E-state index in [2.05, 4.69) is 15.5 Å². The van der Waals surface area contributed by atoms with Gasteiger partial charge in [0.05, 0.1) is 0 Å². The van der Waals surface area contributed by atoms with Crippen molar-refractivity contribution in [2.75, 3.05) is 6.54 Å². The summed E-state index contributed by atoms with van der Waals surface area (Å²) in [5, 5.41) is 7.18. The van der Waals surface area contributed by atoms with Crippen LogP contribution in [-0.2, 0) is 6.42 Å². The molecule has 2 amide bonds. The minimum absolute atomic E-state index is 0.0350. The standard InChI is InChI=1S/C16H26N4O2/c1-2-14-18-15(22-19-14)13-10-6-7-11-20(13)16(21)17-12-8-4-3-5-9-12/h12-13H,2-11H2,1H3,(H,17,21). The lowest BCUT2D eigenvalue weighted by Gasteiger charge is -2.35. The van der Waals surface area contributed by atoms with Gasteiger partial charge in [0, 0.05) is 19.0 Å². The van der Waals surface area contributed by atoms with Crippen LogP contribution in [0.15, 0.2) is 4.52 Å². The van der Waals surface area contributed by atoms with Crippen LogP contribution < -0.4 is 5.32 Å². The van der Waals surface area contributed by atoms with Gasteiger partial charge in [0.15, 0.2) is 5.82 Å². The highest BCUT2D eigenvalue weighted by Gasteiger charge is 2.33. The fraction of sp³-hybridized carbons (Fsp3) is 0.812. The average Bonchev–Trinajstić information content (AvgIpc) is 3.05. The van der Waals surface area contributed by atoms with Gasteiger partial charge in [0.2, 0.25) is 5.89 Å². The summed E-state index contributed by atoms with van der Waals surface area (Å²) >= 11 is 0. The van der Waals surface area contributed by atoms with Crippen molar-refractivity contribution >= 4 is 6.03 Å². The number of aromatic nitrogens is 2. The third-order valence-electron chi connectivity index (χ3n) is 4.78. The van der Waals surface area contributed by atoms with E-state index in [9.17, 15) is 4.79 Å². The molecule has 1 atom stereocenters. The predicted molar refractivity (Wildman–Crippen MR) is 82.4 cm³/mol. The van der Waals surface area contributed by atoms with Gasteiger partial charge >= 0.3 is 6.03 Å². The molecule has 22 heavy (non-hydrogen) atoms. The summed E-state index contributed by atoms with van der Waals surface area (Å²) in [5.41, 5.74) is 0. The maximum Gasteiger partial charge on any atom is 0.318 e.